The number of primary sulfonamides is 1. The molecule has 0 radical (unpaired) electrons. The highest BCUT2D eigenvalue weighted by Gasteiger charge is 2.27. The Bertz CT molecular complexity index is 607. The van der Waals surface area contributed by atoms with Gasteiger partial charge in [-0.05, 0) is 31.0 Å². The lowest BCUT2D eigenvalue weighted by atomic mass is 10.1. The van der Waals surface area contributed by atoms with Gasteiger partial charge in [0.15, 0.2) is 6.04 Å². The monoisotopic (exact) mass is 326 g/mol. The van der Waals surface area contributed by atoms with Gasteiger partial charge in [-0.15, -0.1) is 0 Å². The number of hydrogen-bond donors (Lipinski definition) is 3. The molecule has 7 heteroatoms. The number of nitrogens with two attached hydrogens (primary N) is 1. The van der Waals surface area contributed by atoms with Crippen molar-refractivity contribution in [2.45, 2.75) is 37.1 Å². The van der Waals surface area contributed by atoms with Gasteiger partial charge in [-0.1, -0.05) is 12.1 Å². The van der Waals surface area contributed by atoms with Crippen molar-refractivity contribution in [1.29, 1.82) is 0 Å². The Labute approximate surface area is 131 Å². The van der Waals surface area contributed by atoms with Gasteiger partial charge < -0.3 is 10.2 Å². The molecule has 6 nitrogen and oxygen atoms in total. The Morgan fingerprint density at radius 3 is 2.41 bits per heavy atom. The van der Waals surface area contributed by atoms with Crippen LogP contribution in [0.1, 0.15) is 25.3 Å². The average Bonchev–Trinajstić information content (AvgIpc) is 3.00. The van der Waals surface area contributed by atoms with E-state index >= 15 is 0 Å². The van der Waals surface area contributed by atoms with Crippen LogP contribution in [0.2, 0.25) is 0 Å². The molecule has 0 unspecified atom stereocenters. The number of hydrogen-bond acceptors (Lipinski definition) is 3. The van der Waals surface area contributed by atoms with Crippen LogP contribution in [0, 0.1) is 0 Å². The van der Waals surface area contributed by atoms with Gasteiger partial charge in [-0.3, -0.25) is 4.79 Å². The second-order valence-corrected chi connectivity index (χ2v) is 7.38. The fourth-order valence-corrected chi connectivity index (χ4v) is 3.29. The van der Waals surface area contributed by atoms with Gasteiger partial charge in [0.25, 0.3) is 5.91 Å². The largest absolute Gasteiger partial charge is 0.351 e. The molecule has 1 aliphatic heterocycles. The minimum absolute atomic E-state index is 0.00717. The summed E-state index contributed by atoms with van der Waals surface area (Å²) < 4.78 is 22.3. The van der Waals surface area contributed by atoms with E-state index in [0.29, 0.717) is 13.0 Å². The second-order valence-electron chi connectivity index (χ2n) is 5.82. The number of rotatable bonds is 6. The van der Waals surface area contributed by atoms with E-state index in [0.717, 1.165) is 18.7 Å². The number of amides is 1. The molecule has 4 N–H and O–H groups in total. The summed E-state index contributed by atoms with van der Waals surface area (Å²) >= 11 is 0. The van der Waals surface area contributed by atoms with Crippen LogP contribution in [-0.4, -0.2) is 40.0 Å². The lowest BCUT2D eigenvalue weighted by Gasteiger charge is -2.19. The molecule has 1 aliphatic rings. The molecule has 1 aromatic rings. The summed E-state index contributed by atoms with van der Waals surface area (Å²) in [5.41, 5.74) is 0.967. The average molecular weight is 326 g/mol. The van der Waals surface area contributed by atoms with Gasteiger partial charge in [0, 0.05) is 19.4 Å². The third-order valence-electron chi connectivity index (χ3n) is 4.22. The first-order valence-corrected chi connectivity index (χ1v) is 9.16. The number of benzene rings is 1. The maximum Gasteiger partial charge on any atom is 0.278 e. The van der Waals surface area contributed by atoms with E-state index in [9.17, 15) is 13.2 Å². The van der Waals surface area contributed by atoms with Gasteiger partial charge in [-0.25, -0.2) is 13.6 Å². The molecule has 0 saturated carbocycles. The number of sulfonamides is 1. The van der Waals surface area contributed by atoms with Crippen molar-refractivity contribution < 1.29 is 18.1 Å². The van der Waals surface area contributed by atoms with Crippen LogP contribution in [0.25, 0.3) is 0 Å². The zero-order chi connectivity index (χ0) is 16.2. The van der Waals surface area contributed by atoms with Crippen molar-refractivity contribution in [3.05, 3.63) is 29.8 Å². The molecular weight excluding hydrogens is 302 g/mol. The van der Waals surface area contributed by atoms with Crippen LogP contribution < -0.4 is 15.4 Å². The van der Waals surface area contributed by atoms with Gasteiger partial charge in [0.2, 0.25) is 10.0 Å². The molecule has 1 aromatic carbocycles. The predicted octanol–water partition coefficient (Wildman–Crippen LogP) is -0.940. The molecule has 1 heterocycles. The smallest absolute Gasteiger partial charge is 0.278 e. The van der Waals surface area contributed by atoms with Crippen LogP contribution >= 0.6 is 0 Å². The molecular formula is C15H24N3O3S+. The Balaban J connectivity index is 1.79. The highest BCUT2D eigenvalue weighted by Crippen LogP contribution is 2.08. The molecule has 1 amide bonds. The molecule has 1 atom stereocenters. The standard InChI is InChI=1S/C15H23N3O3S/c1-12(18-10-2-3-11-18)15(19)17-9-8-13-4-6-14(7-5-13)22(16,20)21/h4-7,12H,2-3,8-11H2,1H3,(H,17,19)(H2,16,20,21)/p+1/t12-/m0/s1. The molecule has 2 rings (SSSR count). The SMILES string of the molecule is C[C@@H](C(=O)NCCc1ccc(S(N)(=O)=O)cc1)[NH+]1CCCC1. The number of carbonyl (C=O) groups excluding carboxylic acids is 1. The number of carbonyl (C=O) groups is 1. The number of nitrogens with one attached hydrogen (secondary N) is 2. The van der Waals surface area contributed by atoms with Gasteiger partial charge in [0.1, 0.15) is 0 Å². The lowest BCUT2D eigenvalue weighted by molar-refractivity contribution is -0.901. The molecule has 0 aromatic heterocycles. The van der Waals surface area contributed by atoms with E-state index in [1.807, 2.05) is 6.92 Å². The van der Waals surface area contributed by atoms with Crippen molar-refractivity contribution in [3.8, 4) is 0 Å². The van der Waals surface area contributed by atoms with E-state index in [1.165, 1.54) is 29.9 Å². The topological polar surface area (TPSA) is 93.7 Å². The van der Waals surface area contributed by atoms with E-state index in [1.54, 1.807) is 12.1 Å². The lowest BCUT2D eigenvalue weighted by Crippen LogP contribution is -3.15. The van der Waals surface area contributed by atoms with Crippen molar-refractivity contribution >= 4 is 15.9 Å². The molecule has 0 spiro atoms. The summed E-state index contributed by atoms with van der Waals surface area (Å²) in [6, 6.07) is 6.42. The summed E-state index contributed by atoms with van der Waals surface area (Å²) in [6.45, 7) is 4.66. The highest BCUT2D eigenvalue weighted by atomic mass is 32.2. The zero-order valence-electron chi connectivity index (χ0n) is 12.8. The van der Waals surface area contributed by atoms with Crippen LogP contribution in [0.4, 0.5) is 0 Å². The normalized spacial score (nSPS) is 17.4. The molecule has 22 heavy (non-hydrogen) atoms. The fraction of sp³-hybridized carbons (Fsp3) is 0.533. The van der Waals surface area contributed by atoms with E-state index < -0.39 is 10.0 Å². The summed E-state index contributed by atoms with van der Waals surface area (Å²) in [5.74, 6) is 0.0815. The second kappa shape index (κ2) is 7.21. The first-order chi connectivity index (χ1) is 10.4. The van der Waals surface area contributed by atoms with E-state index in [4.69, 9.17) is 5.14 Å². The first-order valence-electron chi connectivity index (χ1n) is 7.62. The zero-order valence-corrected chi connectivity index (χ0v) is 13.7. The quantitative estimate of drug-likeness (QED) is 0.630. The molecule has 1 saturated heterocycles. The predicted molar refractivity (Wildman–Crippen MR) is 83.9 cm³/mol. The Morgan fingerprint density at radius 2 is 1.86 bits per heavy atom. The Kier molecular flexibility index (Phi) is 5.55. The van der Waals surface area contributed by atoms with Crippen molar-refractivity contribution in [2.24, 2.45) is 5.14 Å². The maximum absolute atomic E-state index is 12.1. The number of quaternary nitrogens is 1. The summed E-state index contributed by atoms with van der Waals surface area (Å²) in [7, 11) is -3.65. The Morgan fingerprint density at radius 1 is 1.27 bits per heavy atom. The minimum atomic E-state index is -3.65. The summed E-state index contributed by atoms with van der Waals surface area (Å²) in [4.78, 5) is 13.5. The molecule has 1 fully saturated rings. The van der Waals surface area contributed by atoms with Crippen LogP contribution in [0.5, 0.6) is 0 Å². The van der Waals surface area contributed by atoms with Gasteiger partial charge >= 0.3 is 0 Å². The third-order valence-corrected chi connectivity index (χ3v) is 5.15. The minimum Gasteiger partial charge on any atom is -0.351 e. The van der Waals surface area contributed by atoms with Gasteiger partial charge in [0.05, 0.1) is 18.0 Å². The van der Waals surface area contributed by atoms with Gasteiger partial charge in [-0.2, -0.15) is 0 Å². The molecule has 0 aliphatic carbocycles. The van der Waals surface area contributed by atoms with Crippen LogP contribution in [-0.2, 0) is 21.2 Å². The van der Waals surface area contributed by atoms with E-state index in [-0.39, 0.29) is 16.8 Å². The summed E-state index contributed by atoms with van der Waals surface area (Å²) in [6.07, 6.45) is 3.06. The first kappa shape index (κ1) is 16.9. The molecule has 122 valence electrons. The van der Waals surface area contributed by atoms with Crippen LogP contribution in [0.15, 0.2) is 29.2 Å². The van der Waals surface area contributed by atoms with Crippen molar-refractivity contribution in [1.82, 2.24) is 5.32 Å². The third kappa shape index (κ3) is 4.53. The Hall–Kier alpha value is -1.44. The maximum atomic E-state index is 12.1. The highest BCUT2D eigenvalue weighted by molar-refractivity contribution is 7.89. The van der Waals surface area contributed by atoms with Crippen molar-refractivity contribution in [3.63, 3.8) is 0 Å². The fourth-order valence-electron chi connectivity index (χ4n) is 2.78. The van der Waals surface area contributed by atoms with Crippen LogP contribution in [0.3, 0.4) is 0 Å². The van der Waals surface area contributed by atoms with E-state index in [2.05, 4.69) is 5.32 Å². The summed E-state index contributed by atoms with van der Waals surface area (Å²) in [5, 5.41) is 8.00. The van der Waals surface area contributed by atoms with Crippen molar-refractivity contribution in [2.75, 3.05) is 19.6 Å². The number of likely N-dealkylation sites (tertiary alicyclic amines) is 1. The molecule has 0 bridgehead atoms.